The third-order valence-corrected chi connectivity index (χ3v) is 5.86. The molecule has 0 saturated carbocycles. The van der Waals surface area contributed by atoms with Crippen LogP contribution >= 0.6 is 0 Å². The van der Waals surface area contributed by atoms with Gasteiger partial charge < -0.3 is 19.7 Å². The predicted octanol–water partition coefficient (Wildman–Crippen LogP) is 2.91. The fourth-order valence-corrected chi connectivity index (χ4v) is 3.99. The van der Waals surface area contributed by atoms with Crippen molar-refractivity contribution in [2.75, 3.05) is 51.4 Å². The zero-order valence-corrected chi connectivity index (χ0v) is 19.6. The number of para-hydroxylation sites is 1. The van der Waals surface area contributed by atoms with Crippen LogP contribution in [0.2, 0.25) is 0 Å². The highest BCUT2D eigenvalue weighted by Gasteiger charge is 2.24. The number of nitriles is 1. The molecule has 2 aromatic carbocycles. The van der Waals surface area contributed by atoms with Gasteiger partial charge >= 0.3 is 0 Å². The minimum absolute atomic E-state index is 0.00547. The number of anilines is 1. The van der Waals surface area contributed by atoms with Gasteiger partial charge in [0.25, 0.3) is 0 Å². The highest BCUT2D eigenvalue weighted by Crippen LogP contribution is 2.24. The van der Waals surface area contributed by atoms with E-state index in [9.17, 15) is 9.59 Å². The van der Waals surface area contributed by atoms with E-state index in [4.69, 9.17) is 14.7 Å². The number of hydrogen-bond donors (Lipinski definition) is 1. The minimum Gasteiger partial charge on any atom is -0.497 e. The third kappa shape index (κ3) is 7.30. The summed E-state index contributed by atoms with van der Waals surface area (Å²) in [6, 6.07) is 19.2. The molecule has 0 spiro atoms. The van der Waals surface area contributed by atoms with Crippen molar-refractivity contribution in [3.05, 3.63) is 60.2 Å². The third-order valence-electron chi connectivity index (χ3n) is 5.86. The lowest BCUT2D eigenvalue weighted by Crippen LogP contribution is -2.44. The second kappa shape index (κ2) is 13.3. The second-order valence-electron chi connectivity index (χ2n) is 8.03. The Bertz CT molecular complexity index is 953. The van der Waals surface area contributed by atoms with E-state index in [0.717, 1.165) is 30.1 Å². The number of hydrogen-bond acceptors (Lipinski definition) is 6. The van der Waals surface area contributed by atoms with E-state index in [1.807, 2.05) is 54.6 Å². The summed E-state index contributed by atoms with van der Waals surface area (Å²) < 4.78 is 10.8. The number of morpholine rings is 1. The van der Waals surface area contributed by atoms with Crippen molar-refractivity contribution in [1.29, 1.82) is 5.26 Å². The Morgan fingerprint density at radius 2 is 1.82 bits per heavy atom. The Labute approximate surface area is 201 Å². The minimum atomic E-state index is -0.173. The summed E-state index contributed by atoms with van der Waals surface area (Å²) in [4.78, 5) is 29.3. The number of benzene rings is 2. The summed E-state index contributed by atoms with van der Waals surface area (Å²) >= 11 is 0. The van der Waals surface area contributed by atoms with Crippen LogP contribution in [0.25, 0.3) is 0 Å². The zero-order valence-electron chi connectivity index (χ0n) is 19.6. The summed E-state index contributed by atoms with van der Waals surface area (Å²) in [5.74, 6) is 0.441. The fourth-order valence-electron chi connectivity index (χ4n) is 3.99. The molecule has 1 atom stereocenters. The van der Waals surface area contributed by atoms with Gasteiger partial charge in [-0.15, -0.1) is 0 Å². The SMILES string of the molecule is COc1ccc(C(CNC(=O)CCC(=O)N(CCC#N)c2ccccc2)N2CCOCC2)cc1. The number of nitrogens with one attached hydrogen (secondary N) is 1. The van der Waals surface area contributed by atoms with Crippen LogP contribution in [-0.4, -0.2) is 63.2 Å². The fraction of sp³-hybridized carbons (Fsp3) is 0.423. The van der Waals surface area contributed by atoms with Gasteiger partial charge in [0, 0.05) is 44.7 Å². The molecule has 0 aliphatic carbocycles. The van der Waals surface area contributed by atoms with Crippen LogP contribution in [0.4, 0.5) is 5.69 Å². The molecule has 1 N–H and O–H groups in total. The Kier molecular flexibility index (Phi) is 9.89. The average Bonchev–Trinajstić information content (AvgIpc) is 2.89. The highest BCUT2D eigenvalue weighted by atomic mass is 16.5. The van der Waals surface area contributed by atoms with Crippen molar-refractivity contribution in [2.45, 2.75) is 25.3 Å². The van der Waals surface area contributed by atoms with Crippen molar-refractivity contribution in [3.8, 4) is 11.8 Å². The smallest absolute Gasteiger partial charge is 0.227 e. The van der Waals surface area contributed by atoms with Gasteiger partial charge in [0.2, 0.25) is 11.8 Å². The van der Waals surface area contributed by atoms with Crippen LogP contribution < -0.4 is 15.0 Å². The molecule has 8 nitrogen and oxygen atoms in total. The molecule has 8 heteroatoms. The molecule has 180 valence electrons. The van der Waals surface area contributed by atoms with Gasteiger partial charge in [0.15, 0.2) is 0 Å². The lowest BCUT2D eigenvalue weighted by atomic mass is 10.0. The van der Waals surface area contributed by atoms with Gasteiger partial charge in [-0.05, 0) is 29.8 Å². The van der Waals surface area contributed by atoms with Crippen LogP contribution in [0.5, 0.6) is 5.75 Å². The van der Waals surface area contributed by atoms with Crippen molar-refractivity contribution in [3.63, 3.8) is 0 Å². The van der Waals surface area contributed by atoms with Gasteiger partial charge in [-0.2, -0.15) is 5.26 Å². The molecule has 0 bridgehead atoms. The lowest BCUT2D eigenvalue weighted by molar-refractivity contribution is -0.125. The maximum atomic E-state index is 12.8. The van der Waals surface area contributed by atoms with Crippen LogP contribution in [0.15, 0.2) is 54.6 Å². The van der Waals surface area contributed by atoms with Crippen LogP contribution in [-0.2, 0) is 14.3 Å². The summed E-state index contributed by atoms with van der Waals surface area (Å²) in [7, 11) is 1.63. The number of nitrogens with zero attached hydrogens (tertiary/aromatic N) is 3. The zero-order chi connectivity index (χ0) is 24.2. The molecule has 1 saturated heterocycles. The highest BCUT2D eigenvalue weighted by molar-refractivity contribution is 5.95. The summed E-state index contributed by atoms with van der Waals surface area (Å²) in [5.41, 5.74) is 1.82. The van der Waals surface area contributed by atoms with E-state index in [2.05, 4.69) is 16.3 Å². The Morgan fingerprint density at radius 1 is 1.12 bits per heavy atom. The Balaban J connectivity index is 1.58. The molecule has 0 radical (unpaired) electrons. The summed E-state index contributed by atoms with van der Waals surface area (Å²) in [6.07, 6.45) is 0.403. The number of rotatable bonds is 11. The molecule has 3 rings (SSSR count). The molecule has 1 aliphatic heterocycles. The molecule has 2 amide bonds. The number of ether oxygens (including phenoxy) is 2. The van der Waals surface area contributed by atoms with Crippen LogP contribution in [0, 0.1) is 11.3 Å². The van der Waals surface area contributed by atoms with E-state index < -0.39 is 0 Å². The number of carbonyl (C=O) groups excluding carboxylic acids is 2. The topological polar surface area (TPSA) is 94.9 Å². The van der Waals surface area contributed by atoms with Gasteiger partial charge in [-0.25, -0.2) is 0 Å². The molecule has 0 aromatic heterocycles. The average molecular weight is 465 g/mol. The lowest BCUT2D eigenvalue weighted by Gasteiger charge is -2.35. The maximum absolute atomic E-state index is 12.8. The molecule has 2 aromatic rings. The number of methoxy groups -OCH3 is 1. The summed E-state index contributed by atoms with van der Waals surface area (Å²) in [6.45, 7) is 3.64. The van der Waals surface area contributed by atoms with Gasteiger partial charge in [0.05, 0.1) is 38.9 Å². The predicted molar refractivity (Wildman–Crippen MR) is 129 cm³/mol. The van der Waals surface area contributed by atoms with Crippen LogP contribution in [0.3, 0.4) is 0 Å². The number of amides is 2. The first kappa shape index (κ1) is 25.2. The number of carbonyl (C=O) groups is 2. The van der Waals surface area contributed by atoms with Crippen LogP contribution in [0.1, 0.15) is 30.9 Å². The molecular weight excluding hydrogens is 432 g/mol. The molecule has 1 unspecified atom stereocenters. The summed E-state index contributed by atoms with van der Waals surface area (Å²) in [5, 5.41) is 12.0. The first-order valence-corrected chi connectivity index (χ1v) is 11.6. The van der Waals surface area contributed by atoms with Crippen molar-refractivity contribution >= 4 is 17.5 Å². The van der Waals surface area contributed by atoms with Gasteiger partial charge in [-0.3, -0.25) is 14.5 Å². The quantitative estimate of drug-likeness (QED) is 0.550. The molecule has 34 heavy (non-hydrogen) atoms. The first-order valence-electron chi connectivity index (χ1n) is 11.6. The molecule has 1 heterocycles. The Hall–Kier alpha value is -3.41. The largest absolute Gasteiger partial charge is 0.497 e. The van der Waals surface area contributed by atoms with Crippen molar-refractivity contribution in [1.82, 2.24) is 10.2 Å². The van der Waals surface area contributed by atoms with Gasteiger partial charge in [0.1, 0.15) is 5.75 Å². The molecule has 1 aliphatic rings. The molecule has 1 fully saturated rings. The normalized spacial score (nSPS) is 14.6. The maximum Gasteiger partial charge on any atom is 0.227 e. The van der Waals surface area contributed by atoms with Crippen molar-refractivity contribution < 1.29 is 19.1 Å². The first-order chi connectivity index (χ1) is 16.6. The monoisotopic (exact) mass is 464 g/mol. The second-order valence-corrected chi connectivity index (χ2v) is 8.03. The van der Waals surface area contributed by atoms with E-state index in [-0.39, 0.29) is 37.1 Å². The van der Waals surface area contributed by atoms with Gasteiger partial charge in [-0.1, -0.05) is 30.3 Å². The standard InChI is InChI=1S/C26H32N4O4/c1-33-23-10-8-21(9-11-23)24(29-16-18-34-19-17-29)20-28-25(31)12-13-26(32)30(15-5-14-27)22-6-3-2-4-7-22/h2-4,6-11,24H,5,12-13,15-20H2,1H3,(H,28,31). The Morgan fingerprint density at radius 3 is 2.47 bits per heavy atom. The van der Waals surface area contributed by atoms with E-state index >= 15 is 0 Å². The molecular formula is C26H32N4O4. The van der Waals surface area contributed by atoms with E-state index in [0.29, 0.717) is 26.3 Å². The van der Waals surface area contributed by atoms with E-state index in [1.165, 1.54) is 0 Å². The van der Waals surface area contributed by atoms with E-state index in [1.54, 1.807) is 12.0 Å². The van der Waals surface area contributed by atoms with Crippen molar-refractivity contribution in [2.24, 2.45) is 0 Å².